The number of methoxy groups -OCH3 is 2. The molecule has 0 N–H and O–H groups in total. The number of benzene rings is 1. The van der Waals surface area contributed by atoms with Gasteiger partial charge < -0.3 is 18.5 Å². The van der Waals surface area contributed by atoms with Crippen molar-refractivity contribution in [3.63, 3.8) is 0 Å². The van der Waals surface area contributed by atoms with Gasteiger partial charge in [-0.05, 0) is 31.5 Å². The van der Waals surface area contributed by atoms with Gasteiger partial charge in [0.05, 0.1) is 39.6 Å². The number of ether oxygens (including phenoxy) is 2. The molecule has 1 unspecified atom stereocenters. The quantitative estimate of drug-likeness (QED) is 0.625. The SMILES string of the molecule is CCOP(=O)(OCC)C(c1ccc(OC)c(OC)c1)C(C#N)C#N. The molecule has 0 fully saturated rings. The van der Waals surface area contributed by atoms with E-state index in [1.54, 1.807) is 32.0 Å². The Morgan fingerprint density at radius 3 is 2.00 bits per heavy atom. The van der Waals surface area contributed by atoms with Crippen LogP contribution in [0.4, 0.5) is 0 Å². The Bertz CT molecular complexity index is 656. The van der Waals surface area contributed by atoms with Crippen LogP contribution >= 0.6 is 7.60 Å². The highest BCUT2D eigenvalue weighted by Crippen LogP contribution is 2.64. The van der Waals surface area contributed by atoms with Gasteiger partial charge in [0.25, 0.3) is 0 Å². The first-order valence-electron chi connectivity index (χ1n) is 7.41. The molecule has 1 aromatic carbocycles. The van der Waals surface area contributed by atoms with Crippen LogP contribution in [0.3, 0.4) is 0 Å². The largest absolute Gasteiger partial charge is 0.493 e. The average molecular weight is 352 g/mol. The van der Waals surface area contributed by atoms with Crippen LogP contribution in [0.5, 0.6) is 11.5 Å². The van der Waals surface area contributed by atoms with Crippen LogP contribution in [-0.2, 0) is 13.6 Å². The first-order valence-corrected chi connectivity index (χ1v) is 9.02. The molecule has 0 amide bonds. The van der Waals surface area contributed by atoms with Gasteiger partial charge in [0.15, 0.2) is 17.4 Å². The average Bonchev–Trinajstić information content (AvgIpc) is 2.59. The molecule has 0 saturated carbocycles. The van der Waals surface area contributed by atoms with Crippen LogP contribution in [0.25, 0.3) is 0 Å². The van der Waals surface area contributed by atoms with Gasteiger partial charge in [0, 0.05) is 0 Å². The van der Waals surface area contributed by atoms with E-state index in [4.69, 9.17) is 18.5 Å². The Labute approximate surface area is 142 Å². The molecule has 0 aromatic heterocycles. The molecule has 0 heterocycles. The summed E-state index contributed by atoms with van der Waals surface area (Å²) in [4.78, 5) is 0. The second kappa shape index (κ2) is 9.30. The van der Waals surface area contributed by atoms with E-state index in [9.17, 15) is 15.1 Å². The van der Waals surface area contributed by atoms with Crippen molar-refractivity contribution in [3.8, 4) is 23.6 Å². The molecular formula is C16H21N2O5P. The summed E-state index contributed by atoms with van der Waals surface area (Å²) < 4.78 is 34.4. The summed E-state index contributed by atoms with van der Waals surface area (Å²) in [6, 6.07) is 8.57. The van der Waals surface area contributed by atoms with Crippen molar-refractivity contribution < 1.29 is 23.1 Å². The third-order valence-electron chi connectivity index (χ3n) is 3.30. The maximum absolute atomic E-state index is 13.2. The van der Waals surface area contributed by atoms with Crippen molar-refractivity contribution >= 4 is 7.60 Å². The molecule has 130 valence electrons. The molecule has 0 bridgehead atoms. The molecule has 7 nitrogen and oxygen atoms in total. The minimum absolute atomic E-state index is 0.130. The minimum Gasteiger partial charge on any atom is -0.493 e. The summed E-state index contributed by atoms with van der Waals surface area (Å²) in [7, 11) is -0.776. The summed E-state index contributed by atoms with van der Waals surface area (Å²) in [5.74, 6) is -0.325. The summed E-state index contributed by atoms with van der Waals surface area (Å²) in [5, 5.41) is 18.6. The number of nitrogens with zero attached hydrogens (tertiary/aromatic N) is 2. The predicted molar refractivity (Wildman–Crippen MR) is 87.9 cm³/mol. The first kappa shape index (κ1) is 20.0. The van der Waals surface area contributed by atoms with Gasteiger partial charge in [-0.25, -0.2) is 0 Å². The fourth-order valence-electron chi connectivity index (χ4n) is 2.32. The molecule has 0 spiro atoms. The second-order valence-electron chi connectivity index (χ2n) is 4.67. The summed E-state index contributed by atoms with van der Waals surface area (Å²) in [5.41, 5.74) is -0.599. The monoisotopic (exact) mass is 352 g/mol. The van der Waals surface area contributed by atoms with Crippen molar-refractivity contribution in [2.24, 2.45) is 5.92 Å². The number of hydrogen-bond acceptors (Lipinski definition) is 7. The number of hydrogen-bond donors (Lipinski definition) is 0. The normalized spacial score (nSPS) is 12.3. The second-order valence-corrected chi connectivity index (χ2v) is 6.82. The molecule has 24 heavy (non-hydrogen) atoms. The lowest BCUT2D eigenvalue weighted by Gasteiger charge is -2.27. The topological polar surface area (TPSA) is 102 Å². The standard InChI is InChI=1S/C16H21N2O5P/c1-5-22-24(19,23-6-2)16(13(10-17)11-18)12-7-8-14(20-3)15(9-12)21-4/h7-9,13,16H,5-6H2,1-4H3. The van der Waals surface area contributed by atoms with Crippen molar-refractivity contribution in [1.82, 2.24) is 0 Å². The predicted octanol–water partition coefficient (Wildman–Crippen LogP) is 3.67. The molecule has 0 aliphatic rings. The van der Waals surface area contributed by atoms with E-state index in [2.05, 4.69) is 0 Å². The number of nitriles is 2. The van der Waals surface area contributed by atoms with Crippen molar-refractivity contribution in [1.29, 1.82) is 10.5 Å². The Hall–Kier alpha value is -2.05. The Morgan fingerprint density at radius 2 is 1.58 bits per heavy atom. The number of rotatable bonds is 9. The van der Waals surface area contributed by atoms with Crippen LogP contribution < -0.4 is 9.47 Å². The first-order chi connectivity index (χ1) is 11.5. The zero-order valence-electron chi connectivity index (χ0n) is 14.2. The lowest BCUT2D eigenvalue weighted by Crippen LogP contribution is -2.14. The summed E-state index contributed by atoms with van der Waals surface area (Å²) in [6.45, 7) is 3.60. The highest BCUT2D eigenvalue weighted by molar-refractivity contribution is 7.54. The van der Waals surface area contributed by atoms with Gasteiger partial charge >= 0.3 is 7.60 Å². The van der Waals surface area contributed by atoms with Crippen molar-refractivity contribution in [3.05, 3.63) is 23.8 Å². The zero-order valence-corrected chi connectivity index (χ0v) is 15.1. The van der Waals surface area contributed by atoms with E-state index in [1.165, 1.54) is 14.2 Å². The van der Waals surface area contributed by atoms with Gasteiger partial charge in [-0.1, -0.05) is 6.07 Å². The molecule has 0 radical (unpaired) electrons. The summed E-state index contributed by atoms with van der Waals surface area (Å²) in [6.07, 6.45) is 0. The van der Waals surface area contributed by atoms with Gasteiger partial charge in [-0.15, -0.1) is 0 Å². The molecule has 1 aromatic rings. The fraction of sp³-hybridized carbons (Fsp3) is 0.500. The molecule has 0 saturated heterocycles. The van der Waals surface area contributed by atoms with E-state index >= 15 is 0 Å². The van der Waals surface area contributed by atoms with Crippen LogP contribution in [0, 0.1) is 28.6 Å². The molecule has 8 heteroatoms. The molecule has 1 rings (SSSR count). The van der Waals surface area contributed by atoms with Gasteiger partial charge in [0.2, 0.25) is 0 Å². The molecular weight excluding hydrogens is 331 g/mol. The smallest absolute Gasteiger partial charge is 0.340 e. The maximum Gasteiger partial charge on any atom is 0.340 e. The maximum atomic E-state index is 13.2. The van der Waals surface area contributed by atoms with E-state index < -0.39 is 19.2 Å². The highest BCUT2D eigenvalue weighted by Gasteiger charge is 2.43. The zero-order chi connectivity index (χ0) is 18.2. The van der Waals surface area contributed by atoms with Gasteiger partial charge in [0.1, 0.15) is 5.66 Å². The molecule has 0 aliphatic carbocycles. The van der Waals surface area contributed by atoms with Crippen molar-refractivity contribution in [2.45, 2.75) is 19.5 Å². The van der Waals surface area contributed by atoms with E-state index in [0.717, 1.165) is 0 Å². The van der Waals surface area contributed by atoms with Gasteiger partial charge in [-0.2, -0.15) is 10.5 Å². The fourth-order valence-corrected chi connectivity index (χ4v) is 4.46. The Morgan fingerprint density at radius 1 is 1.04 bits per heavy atom. The Kier molecular flexibility index (Phi) is 7.74. The summed E-state index contributed by atoms with van der Waals surface area (Å²) >= 11 is 0. The van der Waals surface area contributed by atoms with Crippen LogP contribution in [0.2, 0.25) is 0 Å². The van der Waals surface area contributed by atoms with E-state index in [1.807, 2.05) is 12.1 Å². The third kappa shape index (κ3) is 4.27. The lowest BCUT2D eigenvalue weighted by atomic mass is 10.0. The van der Waals surface area contributed by atoms with Crippen LogP contribution in [-0.4, -0.2) is 27.4 Å². The minimum atomic E-state index is -3.74. The van der Waals surface area contributed by atoms with Gasteiger partial charge in [-0.3, -0.25) is 4.57 Å². The highest BCUT2D eigenvalue weighted by atomic mass is 31.2. The lowest BCUT2D eigenvalue weighted by molar-refractivity contribution is 0.209. The van der Waals surface area contributed by atoms with E-state index in [-0.39, 0.29) is 13.2 Å². The van der Waals surface area contributed by atoms with E-state index in [0.29, 0.717) is 17.1 Å². The third-order valence-corrected chi connectivity index (χ3v) is 5.82. The van der Waals surface area contributed by atoms with Crippen molar-refractivity contribution in [2.75, 3.05) is 27.4 Å². The molecule has 0 aliphatic heterocycles. The van der Waals surface area contributed by atoms with Crippen LogP contribution in [0.1, 0.15) is 25.1 Å². The van der Waals surface area contributed by atoms with Crippen LogP contribution in [0.15, 0.2) is 18.2 Å². The Balaban J connectivity index is 3.52. The molecule has 1 atom stereocenters.